The highest BCUT2D eigenvalue weighted by Gasteiger charge is 2.42. The number of rotatable bonds is 3. The number of hydrogen-bond acceptors (Lipinski definition) is 5. The van der Waals surface area contributed by atoms with E-state index in [1.54, 1.807) is 0 Å². The molecule has 1 fully saturated rings. The molecule has 0 aliphatic heterocycles. The topological polar surface area (TPSA) is 76.0 Å². The van der Waals surface area contributed by atoms with Crippen molar-refractivity contribution in [3.8, 4) is 6.07 Å². The van der Waals surface area contributed by atoms with Crippen LogP contribution in [-0.4, -0.2) is 19.2 Å². The Bertz CT molecular complexity index is 1160. The van der Waals surface area contributed by atoms with Gasteiger partial charge in [0.05, 0.1) is 29.9 Å². The van der Waals surface area contributed by atoms with Crippen LogP contribution >= 0.6 is 34.5 Å². The summed E-state index contributed by atoms with van der Waals surface area (Å²) in [5.74, 6) is -0.299. The molecule has 1 saturated carbocycles. The highest BCUT2D eigenvalue weighted by Crippen LogP contribution is 2.50. The van der Waals surface area contributed by atoms with Crippen LogP contribution in [0.15, 0.2) is 16.9 Å². The van der Waals surface area contributed by atoms with Crippen molar-refractivity contribution >= 4 is 39.5 Å². The molecule has 12 heteroatoms. The van der Waals surface area contributed by atoms with Crippen LogP contribution in [0.3, 0.4) is 0 Å². The van der Waals surface area contributed by atoms with E-state index >= 15 is 0 Å². The molecule has 0 saturated heterocycles. The Morgan fingerprint density at radius 1 is 1.37 bits per heavy atom. The molecule has 0 N–H and O–H groups in total. The predicted octanol–water partition coefficient (Wildman–Crippen LogP) is 3.95. The van der Waals surface area contributed by atoms with Gasteiger partial charge in [0.15, 0.2) is 10.7 Å². The number of nitrogens with zero attached hydrogens (tertiary/aromatic N) is 5. The maximum absolute atomic E-state index is 12.7. The lowest BCUT2D eigenvalue weighted by Crippen LogP contribution is -2.18. The normalized spacial score (nSPS) is 19.4. The summed E-state index contributed by atoms with van der Waals surface area (Å²) in [5, 5.41) is 12.2. The minimum absolute atomic E-state index is 0.114. The van der Waals surface area contributed by atoms with Crippen molar-refractivity contribution < 1.29 is 13.2 Å². The first kappa shape index (κ1) is 18.3. The van der Waals surface area contributed by atoms with E-state index in [1.165, 1.54) is 10.5 Å². The summed E-state index contributed by atoms with van der Waals surface area (Å²) in [4.78, 5) is 17.2. The summed E-state index contributed by atoms with van der Waals surface area (Å²) in [6, 6.07) is 4.06. The summed E-state index contributed by atoms with van der Waals surface area (Å²) in [6.45, 7) is -0.199. The van der Waals surface area contributed by atoms with Crippen molar-refractivity contribution in [2.75, 3.05) is 0 Å². The van der Waals surface area contributed by atoms with E-state index in [4.69, 9.17) is 28.5 Å². The highest BCUT2D eigenvalue weighted by molar-refractivity contribution is 7.21. The molecule has 3 aromatic rings. The van der Waals surface area contributed by atoms with E-state index < -0.39 is 17.4 Å². The average Bonchev–Trinajstić information content (AvgIpc) is 3.13. The van der Waals surface area contributed by atoms with Crippen molar-refractivity contribution in [2.24, 2.45) is 5.92 Å². The van der Waals surface area contributed by atoms with Gasteiger partial charge in [0.2, 0.25) is 0 Å². The van der Waals surface area contributed by atoms with Gasteiger partial charge in [0, 0.05) is 18.1 Å². The zero-order chi connectivity index (χ0) is 19.5. The average molecular weight is 434 g/mol. The van der Waals surface area contributed by atoms with Gasteiger partial charge in [-0.25, -0.2) is 9.67 Å². The second kappa shape index (κ2) is 6.22. The molecule has 1 aliphatic rings. The van der Waals surface area contributed by atoms with Gasteiger partial charge in [-0.05, 0) is 6.42 Å². The molecule has 4 rings (SSSR count). The number of alkyl halides is 3. The molecule has 140 valence electrons. The Balaban J connectivity index is 1.72. The smallest absolute Gasteiger partial charge is 0.269 e. The van der Waals surface area contributed by atoms with Crippen LogP contribution in [0.5, 0.6) is 0 Å². The maximum Gasteiger partial charge on any atom is 0.435 e. The first-order valence-electron chi connectivity index (χ1n) is 7.60. The van der Waals surface area contributed by atoms with Crippen LogP contribution in [0.1, 0.15) is 29.4 Å². The van der Waals surface area contributed by atoms with E-state index in [2.05, 4.69) is 16.2 Å². The van der Waals surface area contributed by atoms with Gasteiger partial charge < -0.3 is 0 Å². The molecule has 0 aromatic carbocycles. The molecule has 0 spiro atoms. The molecule has 0 bridgehead atoms. The number of thiazole rings is 1. The number of aromatic nitrogens is 4. The first-order chi connectivity index (χ1) is 12.7. The van der Waals surface area contributed by atoms with E-state index in [1.807, 2.05) is 0 Å². The summed E-state index contributed by atoms with van der Waals surface area (Å²) < 4.78 is 40.9. The van der Waals surface area contributed by atoms with E-state index in [-0.39, 0.29) is 29.2 Å². The van der Waals surface area contributed by atoms with Crippen LogP contribution in [-0.2, 0) is 12.7 Å². The van der Waals surface area contributed by atoms with Crippen molar-refractivity contribution in [3.63, 3.8) is 0 Å². The number of fused-ring (bicyclic) bond motifs is 1. The molecule has 27 heavy (non-hydrogen) atoms. The van der Waals surface area contributed by atoms with E-state index in [0.717, 1.165) is 16.0 Å². The SMILES string of the molecule is N#CC1CC1c1c(Cl)sc2nc(Cn3nc(C(F)(F)F)cc3Cl)cc(=O)n12. The van der Waals surface area contributed by atoms with Crippen LogP contribution in [0.2, 0.25) is 9.49 Å². The summed E-state index contributed by atoms with van der Waals surface area (Å²) in [7, 11) is 0. The molecule has 0 amide bonds. The quantitative estimate of drug-likeness (QED) is 0.626. The zero-order valence-electron chi connectivity index (χ0n) is 13.2. The lowest BCUT2D eigenvalue weighted by molar-refractivity contribution is -0.141. The van der Waals surface area contributed by atoms with Crippen molar-refractivity contribution in [3.05, 3.63) is 49.1 Å². The van der Waals surface area contributed by atoms with Gasteiger partial charge in [-0.3, -0.25) is 9.20 Å². The van der Waals surface area contributed by atoms with Gasteiger partial charge in [-0.15, -0.1) is 0 Å². The zero-order valence-corrected chi connectivity index (χ0v) is 15.5. The minimum atomic E-state index is -4.62. The Morgan fingerprint density at radius 3 is 2.70 bits per heavy atom. The molecule has 1 aliphatic carbocycles. The Hall–Kier alpha value is -2.09. The van der Waals surface area contributed by atoms with E-state index in [9.17, 15) is 18.0 Å². The third kappa shape index (κ3) is 3.20. The van der Waals surface area contributed by atoms with Crippen molar-refractivity contribution in [1.29, 1.82) is 5.26 Å². The molecule has 6 nitrogen and oxygen atoms in total. The summed E-state index contributed by atoms with van der Waals surface area (Å²) >= 11 is 13.1. The predicted molar refractivity (Wildman–Crippen MR) is 92.2 cm³/mol. The number of hydrogen-bond donors (Lipinski definition) is 0. The van der Waals surface area contributed by atoms with Gasteiger partial charge in [0.1, 0.15) is 9.49 Å². The number of halogens is 5. The Kier molecular flexibility index (Phi) is 4.21. The fraction of sp³-hybridized carbons (Fsp3) is 0.333. The Labute approximate surface area is 163 Å². The van der Waals surface area contributed by atoms with Gasteiger partial charge >= 0.3 is 6.18 Å². The van der Waals surface area contributed by atoms with Crippen LogP contribution < -0.4 is 5.56 Å². The van der Waals surface area contributed by atoms with E-state index in [0.29, 0.717) is 27.5 Å². The van der Waals surface area contributed by atoms with Crippen molar-refractivity contribution in [2.45, 2.75) is 25.1 Å². The highest BCUT2D eigenvalue weighted by atomic mass is 35.5. The van der Waals surface area contributed by atoms with Crippen LogP contribution in [0.25, 0.3) is 4.96 Å². The lowest BCUT2D eigenvalue weighted by Gasteiger charge is -2.05. The monoisotopic (exact) mass is 433 g/mol. The molecule has 2 unspecified atom stereocenters. The van der Waals surface area contributed by atoms with Crippen LogP contribution in [0.4, 0.5) is 13.2 Å². The van der Waals surface area contributed by atoms with Gasteiger partial charge in [-0.1, -0.05) is 34.5 Å². The second-order valence-electron chi connectivity index (χ2n) is 6.05. The van der Waals surface area contributed by atoms with Crippen molar-refractivity contribution in [1.82, 2.24) is 19.2 Å². The molecule has 3 aromatic heterocycles. The third-order valence-electron chi connectivity index (χ3n) is 4.20. The summed E-state index contributed by atoms with van der Waals surface area (Å²) in [5.41, 5.74) is -0.779. The molecule has 2 atom stereocenters. The third-order valence-corrected chi connectivity index (χ3v) is 5.78. The molecule has 0 radical (unpaired) electrons. The second-order valence-corrected chi connectivity index (χ2v) is 8.02. The molecular formula is C15H8Cl2F3N5OS. The van der Waals surface area contributed by atoms with Crippen LogP contribution in [0, 0.1) is 17.2 Å². The first-order valence-corrected chi connectivity index (χ1v) is 9.17. The standard InChI is InChI=1S/C15H8Cl2F3N5OS/c16-10-3-9(15(18,19)20)23-24(10)5-7-2-11(26)25-12(8-1-6(8)4-21)13(17)27-14(25)22-7/h2-3,6,8H,1,5H2. The fourth-order valence-corrected chi connectivity index (χ4v) is 4.43. The lowest BCUT2D eigenvalue weighted by atomic mass is 10.2. The maximum atomic E-state index is 12.7. The summed E-state index contributed by atoms with van der Waals surface area (Å²) in [6.07, 6.45) is -4.00. The molecule has 3 heterocycles. The molecular weight excluding hydrogens is 426 g/mol. The minimum Gasteiger partial charge on any atom is -0.269 e. The fourth-order valence-electron chi connectivity index (χ4n) is 2.85. The number of nitriles is 1. The Morgan fingerprint density at radius 2 is 2.11 bits per heavy atom. The van der Waals surface area contributed by atoms with Gasteiger partial charge in [-0.2, -0.15) is 23.5 Å². The largest absolute Gasteiger partial charge is 0.435 e. The van der Waals surface area contributed by atoms with Gasteiger partial charge in [0.25, 0.3) is 5.56 Å².